The molecule has 0 saturated carbocycles. The van der Waals surface area contributed by atoms with Crippen LogP contribution in [-0.2, 0) is 10.0 Å². The van der Waals surface area contributed by atoms with Crippen molar-refractivity contribution in [2.45, 2.75) is 37.2 Å². The number of hydrogen-bond acceptors (Lipinski definition) is 4. The van der Waals surface area contributed by atoms with Crippen LogP contribution < -0.4 is 10.5 Å². The van der Waals surface area contributed by atoms with Crippen LogP contribution in [0.2, 0.25) is 10.0 Å². The predicted molar refractivity (Wildman–Crippen MR) is 81.6 cm³/mol. The van der Waals surface area contributed by atoms with Crippen molar-refractivity contribution in [3.05, 3.63) is 22.2 Å². The molecule has 0 fully saturated rings. The van der Waals surface area contributed by atoms with E-state index in [9.17, 15) is 13.5 Å². The molecule has 1 atom stereocenters. The first-order valence-electron chi connectivity index (χ1n) is 6.05. The molecule has 1 rings (SSSR count). The Balaban J connectivity index is 3.01. The van der Waals surface area contributed by atoms with Gasteiger partial charge in [0.15, 0.2) is 0 Å². The third kappa shape index (κ3) is 4.49. The van der Waals surface area contributed by atoms with Crippen LogP contribution in [0.4, 0.5) is 5.69 Å². The van der Waals surface area contributed by atoms with Crippen molar-refractivity contribution in [1.29, 1.82) is 0 Å². The summed E-state index contributed by atoms with van der Waals surface area (Å²) in [5.41, 5.74) is 4.49. The molecule has 5 nitrogen and oxygen atoms in total. The lowest BCUT2D eigenvalue weighted by Gasteiger charge is -2.23. The van der Waals surface area contributed by atoms with Gasteiger partial charge in [0.05, 0.1) is 16.3 Å². The van der Waals surface area contributed by atoms with Crippen LogP contribution in [0.1, 0.15) is 26.7 Å². The van der Waals surface area contributed by atoms with Gasteiger partial charge < -0.3 is 10.8 Å². The van der Waals surface area contributed by atoms with E-state index in [-0.39, 0.29) is 27.2 Å². The zero-order valence-corrected chi connectivity index (χ0v) is 13.6. The average Bonchev–Trinajstić information content (AvgIpc) is 2.24. The van der Waals surface area contributed by atoms with E-state index in [1.54, 1.807) is 6.92 Å². The van der Waals surface area contributed by atoms with Crippen LogP contribution in [0, 0.1) is 0 Å². The Hall–Kier alpha value is -0.530. The molecular weight excluding hydrogens is 323 g/mol. The number of hydrogen-bond donors (Lipinski definition) is 3. The fraction of sp³-hybridized carbons (Fsp3) is 0.500. The minimum absolute atomic E-state index is 0.0369. The van der Waals surface area contributed by atoms with E-state index in [2.05, 4.69) is 4.72 Å². The zero-order chi connectivity index (χ0) is 15.6. The molecule has 0 amide bonds. The molecule has 4 N–H and O–H groups in total. The van der Waals surface area contributed by atoms with E-state index in [4.69, 9.17) is 28.9 Å². The van der Waals surface area contributed by atoms with Gasteiger partial charge in [-0.25, -0.2) is 13.1 Å². The predicted octanol–water partition coefficient (Wildman–Crippen LogP) is 2.41. The van der Waals surface area contributed by atoms with Gasteiger partial charge in [-0.1, -0.05) is 36.5 Å². The summed E-state index contributed by atoms with van der Waals surface area (Å²) in [5.74, 6) is 0. The number of rotatable bonds is 6. The standard InChI is InChI=1S/C12H18Cl2N2O3S/c1-3-4-12(2,17)7-16-20(18,19)11-9(14)5-8(13)6-10(11)15/h5-6,16-17H,3-4,7,15H2,1-2H3. The van der Waals surface area contributed by atoms with Crippen LogP contribution >= 0.6 is 23.2 Å². The Morgan fingerprint density at radius 2 is 2.00 bits per heavy atom. The third-order valence-corrected chi connectivity index (χ3v) is 4.88. The molecule has 0 aromatic heterocycles. The molecule has 1 aromatic rings. The highest BCUT2D eigenvalue weighted by Crippen LogP contribution is 2.31. The average molecular weight is 341 g/mol. The van der Waals surface area contributed by atoms with Crippen LogP contribution in [-0.4, -0.2) is 25.7 Å². The summed E-state index contributed by atoms with van der Waals surface area (Å²) < 4.78 is 26.7. The molecule has 20 heavy (non-hydrogen) atoms. The highest BCUT2D eigenvalue weighted by molar-refractivity contribution is 7.89. The van der Waals surface area contributed by atoms with Crippen molar-refractivity contribution >= 4 is 38.9 Å². The van der Waals surface area contributed by atoms with E-state index in [1.165, 1.54) is 12.1 Å². The van der Waals surface area contributed by atoms with Gasteiger partial charge in [0, 0.05) is 11.6 Å². The maximum Gasteiger partial charge on any atom is 0.244 e. The number of aliphatic hydroxyl groups is 1. The van der Waals surface area contributed by atoms with E-state index in [1.807, 2.05) is 6.92 Å². The molecule has 1 unspecified atom stereocenters. The molecule has 0 aliphatic rings. The van der Waals surface area contributed by atoms with E-state index < -0.39 is 15.6 Å². The van der Waals surface area contributed by atoms with E-state index in [0.29, 0.717) is 6.42 Å². The summed E-state index contributed by atoms with van der Waals surface area (Å²) in [7, 11) is -3.92. The molecule has 0 radical (unpaired) electrons. The minimum atomic E-state index is -3.92. The SMILES string of the molecule is CCCC(C)(O)CNS(=O)(=O)c1c(N)cc(Cl)cc1Cl. The van der Waals surface area contributed by atoms with Crippen molar-refractivity contribution < 1.29 is 13.5 Å². The second-order valence-corrected chi connectivity index (χ2v) is 7.42. The summed E-state index contributed by atoms with van der Waals surface area (Å²) in [4.78, 5) is -0.226. The van der Waals surface area contributed by atoms with Crippen LogP contribution in [0.15, 0.2) is 17.0 Å². The molecule has 0 bridgehead atoms. The Morgan fingerprint density at radius 1 is 1.40 bits per heavy atom. The Kier molecular flexibility index (Phi) is 5.69. The van der Waals surface area contributed by atoms with Gasteiger partial charge in [0.25, 0.3) is 0 Å². The second kappa shape index (κ2) is 6.49. The monoisotopic (exact) mass is 340 g/mol. The van der Waals surface area contributed by atoms with E-state index in [0.717, 1.165) is 6.42 Å². The molecule has 1 aromatic carbocycles. The summed E-state index contributed by atoms with van der Waals surface area (Å²) in [5, 5.41) is 10.2. The maximum absolute atomic E-state index is 12.2. The number of nitrogens with one attached hydrogen (secondary N) is 1. The second-order valence-electron chi connectivity index (χ2n) is 4.88. The third-order valence-electron chi connectivity index (χ3n) is 2.74. The van der Waals surface area contributed by atoms with Crippen molar-refractivity contribution in [3.63, 3.8) is 0 Å². The molecule has 0 aliphatic heterocycles. The number of nitrogen functional groups attached to an aromatic ring is 1. The summed E-state index contributed by atoms with van der Waals surface area (Å²) in [6.07, 6.45) is 1.21. The molecule has 8 heteroatoms. The van der Waals surface area contributed by atoms with Crippen molar-refractivity contribution in [3.8, 4) is 0 Å². The highest BCUT2D eigenvalue weighted by atomic mass is 35.5. The fourth-order valence-electron chi connectivity index (χ4n) is 1.81. The van der Waals surface area contributed by atoms with Crippen molar-refractivity contribution in [1.82, 2.24) is 4.72 Å². The van der Waals surface area contributed by atoms with Crippen molar-refractivity contribution in [2.24, 2.45) is 0 Å². The lowest BCUT2D eigenvalue weighted by Crippen LogP contribution is -2.40. The molecule has 114 valence electrons. The van der Waals surface area contributed by atoms with Gasteiger partial charge in [-0.15, -0.1) is 0 Å². The van der Waals surface area contributed by atoms with E-state index >= 15 is 0 Å². The topological polar surface area (TPSA) is 92.4 Å². The Labute approximate surface area is 129 Å². The first-order valence-corrected chi connectivity index (χ1v) is 8.29. The normalized spacial score (nSPS) is 15.1. The van der Waals surface area contributed by atoms with Crippen LogP contribution in [0.5, 0.6) is 0 Å². The Morgan fingerprint density at radius 3 is 2.50 bits per heavy atom. The minimum Gasteiger partial charge on any atom is -0.398 e. The lowest BCUT2D eigenvalue weighted by atomic mass is 10.0. The van der Waals surface area contributed by atoms with Gasteiger partial charge in [-0.05, 0) is 25.5 Å². The number of nitrogens with two attached hydrogens (primary N) is 1. The molecule has 0 aliphatic carbocycles. The summed E-state index contributed by atoms with van der Waals surface area (Å²) >= 11 is 11.6. The van der Waals surface area contributed by atoms with Crippen LogP contribution in [0.25, 0.3) is 0 Å². The quantitative estimate of drug-likeness (QED) is 0.693. The zero-order valence-electron chi connectivity index (χ0n) is 11.3. The van der Waals surface area contributed by atoms with Gasteiger partial charge >= 0.3 is 0 Å². The number of halogens is 2. The first-order chi connectivity index (χ1) is 9.09. The highest BCUT2D eigenvalue weighted by Gasteiger charge is 2.26. The van der Waals surface area contributed by atoms with Crippen molar-refractivity contribution in [2.75, 3.05) is 12.3 Å². The lowest BCUT2D eigenvalue weighted by molar-refractivity contribution is 0.0554. The largest absolute Gasteiger partial charge is 0.398 e. The fourth-order valence-corrected chi connectivity index (χ4v) is 3.96. The number of sulfonamides is 1. The van der Waals surface area contributed by atoms with Gasteiger partial charge in [0.2, 0.25) is 10.0 Å². The Bertz CT molecular complexity index is 565. The summed E-state index contributed by atoms with van der Waals surface area (Å²) in [6, 6.07) is 2.62. The van der Waals surface area contributed by atoms with Gasteiger partial charge in [-0.3, -0.25) is 0 Å². The van der Waals surface area contributed by atoms with Gasteiger partial charge in [-0.2, -0.15) is 0 Å². The number of benzene rings is 1. The molecule has 0 spiro atoms. The molecule has 0 heterocycles. The number of anilines is 1. The van der Waals surface area contributed by atoms with Gasteiger partial charge in [0.1, 0.15) is 4.90 Å². The smallest absolute Gasteiger partial charge is 0.244 e. The van der Waals surface area contributed by atoms with Crippen LogP contribution in [0.3, 0.4) is 0 Å². The summed E-state index contributed by atoms with van der Waals surface area (Å²) in [6.45, 7) is 3.34. The molecule has 0 saturated heterocycles. The first kappa shape index (κ1) is 17.5. The molecular formula is C12H18Cl2N2O3S. The maximum atomic E-state index is 12.2.